The number of nitro groups is 2. The van der Waals surface area contributed by atoms with Crippen molar-refractivity contribution in [1.29, 1.82) is 0 Å². The van der Waals surface area contributed by atoms with E-state index < -0.39 is 10.2 Å². The summed E-state index contributed by atoms with van der Waals surface area (Å²) in [5.74, 6) is 1.75. The minimum atomic E-state index is -0.605. The lowest BCUT2D eigenvalue weighted by atomic mass is 10.1. The maximum absolute atomic E-state index is 11.5. The molecule has 0 aliphatic heterocycles. The van der Waals surface area contributed by atoms with Crippen molar-refractivity contribution in [3.63, 3.8) is 0 Å². The lowest BCUT2D eigenvalue weighted by Crippen LogP contribution is -2.11. The van der Waals surface area contributed by atoms with Crippen molar-refractivity contribution >= 4 is 29.1 Å². The summed E-state index contributed by atoms with van der Waals surface area (Å²) in [5, 5.41) is 31.0. The molecule has 13 heteroatoms. The molecule has 39 heavy (non-hydrogen) atoms. The van der Waals surface area contributed by atoms with Crippen LogP contribution in [-0.2, 0) is 6.61 Å². The quantitative estimate of drug-likeness (QED) is 0.110. The van der Waals surface area contributed by atoms with Gasteiger partial charge in [0.05, 0.1) is 16.6 Å². The van der Waals surface area contributed by atoms with Crippen LogP contribution >= 0.6 is 23.4 Å². The van der Waals surface area contributed by atoms with E-state index in [2.05, 4.69) is 10.2 Å². The zero-order valence-corrected chi connectivity index (χ0v) is 22.6. The normalized spacial score (nSPS) is 11.7. The lowest BCUT2D eigenvalue weighted by molar-refractivity contribution is -0.479. The summed E-state index contributed by atoms with van der Waals surface area (Å²) in [4.78, 5) is 21.5. The number of non-ortho nitro benzene ring substituents is 1. The van der Waals surface area contributed by atoms with Crippen LogP contribution in [0.1, 0.15) is 29.1 Å². The SMILES string of the molecule is CCOc1ccc(-n2c(C)nnc2S[C@H](C[N+](=O)[O-])c2ccc(OCc3ccc([N+](=O)[O-])cc3)c(Cl)c2)cc1. The molecule has 4 aromatic rings. The Hall–Kier alpha value is -4.16. The Morgan fingerprint density at radius 1 is 1.00 bits per heavy atom. The van der Waals surface area contributed by atoms with Gasteiger partial charge in [0.2, 0.25) is 6.54 Å². The first-order chi connectivity index (χ1) is 18.7. The summed E-state index contributed by atoms with van der Waals surface area (Å²) >= 11 is 7.70. The molecule has 0 unspecified atom stereocenters. The van der Waals surface area contributed by atoms with E-state index in [1.54, 1.807) is 30.3 Å². The van der Waals surface area contributed by atoms with Gasteiger partial charge in [0.15, 0.2) is 5.16 Å². The van der Waals surface area contributed by atoms with Gasteiger partial charge in [-0.1, -0.05) is 29.4 Å². The fourth-order valence-corrected chi connectivity index (χ4v) is 5.17. The summed E-state index contributed by atoms with van der Waals surface area (Å²) in [6.07, 6.45) is 0. The van der Waals surface area contributed by atoms with E-state index in [1.165, 1.54) is 23.9 Å². The van der Waals surface area contributed by atoms with E-state index in [1.807, 2.05) is 42.7 Å². The number of hydrogen-bond acceptors (Lipinski definition) is 9. The molecule has 0 aliphatic carbocycles. The molecule has 3 aromatic carbocycles. The monoisotopic (exact) mass is 569 g/mol. The third-order valence-electron chi connectivity index (χ3n) is 5.63. The van der Waals surface area contributed by atoms with Crippen LogP contribution in [0, 0.1) is 27.2 Å². The number of nitro benzene ring substituents is 1. The first-order valence-corrected chi connectivity index (χ1v) is 13.1. The molecule has 0 amide bonds. The van der Waals surface area contributed by atoms with Crippen LogP contribution in [0.4, 0.5) is 5.69 Å². The van der Waals surface area contributed by atoms with Gasteiger partial charge in [0.25, 0.3) is 5.69 Å². The Morgan fingerprint density at radius 3 is 2.33 bits per heavy atom. The molecular weight excluding hydrogens is 546 g/mol. The van der Waals surface area contributed by atoms with Crippen molar-refractivity contribution in [2.24, 2.45) is 0 Å². The van der Waals surface area contributed by atoms with Crippen LogP contribution < -0.4 is 9.47 Å². The average molecular weight is 570 g/mol. The molecule has 1 atom stereocenters. The van der Waals surface area contributed by atoms with E-state index in [-0.39, 0.29) is 28.8 Å². The van der Waals surface area contributed by atoms with Crippen molar-refractivity contribution in [3.05, 3.63) is 109 Å². The van der Waals surface area contributed by atoms with Crippen LogP contribution in [0.25, 0.3) is 5.69 Å². The number of ether oxygens (including phenoxy) is 2. The molecule has 1 heterocycles. The van der Waals surface area contributed by atoms with Gasteiger partial charge >= 0.3 is 0 Å². The minimum absolute atomic E-state index is 0.0102. The minimum Gasteiger partial charge on any atom is -0.494 e. The Kier molecular flexibility index (Phi) is 8.99. The highest BCUT2D eigenvalue weighted by molar-refractivity contribution is 7.99. The molecule has 0 N–H and O–H groups in total. The molecule has 11 nitrogen and oxygen atoms in total. The van der Waals surface area contributed by atoms with E-state index in [0.29, 0.717) is 28.9 Å². The molecule has 202 valence electrons. The Balaban J connectivity index is 1.53. The fourth-order valence-electron chi connectivity index (χ4n) is 3.76. The number of hydrogen-bond donors (Lipinski definition) is 0. The topological polar surface area (TPSA) is 135 Å². The maximum atomic E-state index is 11.5. The Labute approximate surface area is 233 Å². The molecule has 1 aromatic heterocycles. The summed E-state index contributed by atoms with van der Waals surface area (Å²) in [5.41, 5.74) is 2.15. The van der Waals surface area contributed by atoms with Crippen molar-refractivity contribution < 1.29 is 19.3 Å². The van der Waals surface area contributed by atoms with Crippen molar-refractivity contribution in [2.75, 3.05) is 13.2 Å². The van der Waals surface area contributed by atoms with E-state index in [4.69, 9.17) is 21.1 Å². The van der Waals surface area contributed by atoms with Crippen molar-refractivity contribution in [1.82, 2.24) is 14.8 Å². The third-order valence-corrected chi connectivity index (χ3v) is 7.11. The first-order valence-electron chi connectivity index (χ1n) is 11.8. The molecule has 0 bridgehead atoms. The molecule has 0 radical (unpaired) electrons. The van der Waals surface area contributed by atoms with E-state index in [9.17, 15) is 20.2 Å². The van der Waals surface area contributed by atoms with Gasteiger partial charge in [-0.25, -0.2) is 0 Å². The predicted octanol–water partition coefficient (Wildman–Crippen LogP) is 6.23. The fraction of sp³-hybridized carbons (Fsp3) is 0.231. The van der Waals surface area contributed by atoms with Crippen LogP contribution in [0.3, 0.4) is 0 Å². The van der Waals surface area contributed by atoms with Gasteiger partial charge in [-0.05, 0) is 73.5 Å². The second kappa shape index (κ2) is 12.6. The summed E-state index contributed by atoms with van der Waals surface area (Å²) < 4.78 is 13.1. The number of halogens is 1. The molecule has 0 saturated carbocycles. The van der Waals surface area contributed by atoms with Crippen molar-refractivity contribution in [2.45, 2.75) is 30.9 Å². The maximum Gasteiger partial charge on any atom is 0.269 e. The van der Waals surface area contributed by atoms with Gasteiger partial charge in [0.1, 0.15) is 29.2 Å². The van der Waals surface area contributed by atoms with Crippen molar-refractivity contribution in [3.8, 4) is 17.2 Å². The van der Waals surface area contributed by atoms with Gasteiger partial charge in [-0.15, -0.1) is 10.2 Å². The van der Waals surface area contributed by atoms with Gasteiger partial charge in [0, 0.05) is 22.7 Å². The highest BCUT2D eigenvalue weighted by atomic mass is 35.5. The van der Waals surface area contributed by atoms with Gasteiger partial charge in [-0.2, -0.15) is 0 Å². The zero-order chi connectivity index (χ0) is 27.9. The highest BCUT2D eigenvalue weighted by Crippen LogP contribution is 2.39. The third kappa shape index (κ3) is 7.03. The molecule has 0 saturated heterocycles. The standard InChI is InChI=1S/C26H24ClN5O6S/c1-3-37-22-11-9-20(10-12-22)31-17(2)28-29-26(31)39-25(15-30(33)34)19-6-13-24(23(27)14-19)38-16-18-4-7-21(8-5-18)32(35)36/h4-14,25H,3,15-16H2,1-2H3/t25-/m1/s1. The first kappa shape index (κ1) is 27.9. The second-order valence-electron chi connectivity index (χ2n) is 8.32. The largest absolute Gasteiger partial charge is 0.494 e. The van der Waals surface area contributed by atoms with Crippen LogP contribution in [0.5, 0.6) is 11.5 Å². The van der Waals surface area contributed by atoms with E-state index >= 15 is 0 Å². The second-order valence-corrected chi connectivity index (χ2v) is 9.89. The lowest BCUT2D eigenvalue weighted by Gasteiger charge is -2.16. The number of aryl methyl sites for hydroxylation is 1. The number of nitrogens with zero attached hydrogens (tertiary/aromatic N) is 5. The Morgan fingerprint density at radius 2 is 1.72 bits per heavy atom. The smallest absolute Gasteiger partial charge is 0.269 e. The van der Waals surface area contributed by atoms with Crippen LogP contribution in [-0.4, -0.2) is 37.8 Å². The average Bonchev–Trinajstić information content (AvgIpc) is 3.27. The molecule has 4 rings (SSSR count). The number of benzene rings is 3. The number of aromatic nitrogens is 3. The molecule has 0 aliphatic rings. The van der Waals surface area contributed by atoms with E-state index in [0.717, 1.165) is 17.0 Å². The van der Waals surface area contributed by atoms with Gasteiger partial charge in [-0.3, -0.25) is 24.8 Å². The summed E-state index contributed by atoms with van der Waals surface area (Å²) in [7, 11) is 0. The molecule has 0 fully saturated rings. The zero-order valence-electron chi connectivity index (χ0n) is 21.0. The van der Waals surface area contributed by atoms with Crippen LogP contribution in [0.15, 0.2) is 71.9 Å². The highest BCUT2D eigenvalue weighted by Gasteiger charge is 2.25. The molecule has 0 spiro atoms. The number of thioether (sulfide) groups is 1. The van der Waals surface area contributed by atoms with Crippen LogP contribution in [0.2, 0.25) is 5.02 Å². The van der Waals surface area contributed by atoms with Gasteiger partial charge < -0.3 is 9.47 Å². The summed E-state index contributed by atoms with van der Waals surface area (Å²) in [6.45, 7) is 4.06. The predicted molar refractivity (Wildman–Crippen MR) is 147 cm³/mol. The Bertz CT molecular complexity index is 1460. The number of rotatable bonds is 12. The molecular formula is C26H24ClN5O6S. The summed E-state index contributed by atoms with van der Waals surface area (Å²) in [6, 6.07) is 18.5.